The first-order chi connectivity index (χ1) is 11.2. The summed E-state index contributed by atoms with van der Waals surface area (Å²) in [7, 11) is 0. The molecular weight excluding hydrogens is 310 g/mol. The molecule has 128 valence electrons. The van der Waals surface area contributed by atoms with Gasteiger partial charge in [0.05, 0.1) is 12.5 Å². The van der Waals surface area contributed by atoms with Crippen LogP contribution in [0.1, 0.15) is 38.0 Å². The molecule has 1 aliphatic heterocycles. The summed E-state index contributed by atoms with van der Waals surface area (Å²) in [5, 5.41) is 4.94. The molecule has 1 fully saturated rings. The summed E-state index contributed by atoms with van der Waals surface area (Å²) in [6, 6.07) is 3.75. The largest absolute Gasteiger partial charge is 0.353 e. The third-order valence-electron chi connectivity index (χ3n) is 4.26. The molecule has 23 heavy (non-hydrogen) atoms. The number of hydrogen-bond acceptors (Lipinski definition) is 4. The van der Waals surface area contributed by atoms with Crippen LogP contribution in [0, 0.1) is 0 Å². The SMILES string of the molecule is CCCCN(CC)C(=O)CC1C(=O)NCCN1Cc1cccs1. The Morgan fingerprint density at radius 3 is 2.96 bits per heavy atom. The van der Waals surface area contributed by atoms with Gasteiger partial charge in [-0.3, -0.25) is 14.5 Å². The second-order valence-electron chi connectivity index (χ2n) is 5.89. The van der Waals surface area contributed by atoms with Crippen LogP contribution in [-0.4, -0.2) is 53.8 Å². The summed E-state index contributed by atoms with van der Waals surface area (Å²) < 4.78 is 0. The van der Waals surface area contributed by atoms with E-state index < -0.39 is 0 Å². The highest BCUT2D eigenvalue weighted by molar-refractivity contribution is 7.09. The number of carbonyl (C=O) groups excluding carboxylic acids is 2. The van der Waals surface area contributed by atoms with E-state index in [1.54, 1.807) is 11.3 Å². The molecule has 0 aliphatic carbocycles. The molecule has 0 bridgehead atoms. The molecule has 1 aliphatic rings. The maximum absolute atomic E-state index is 12.6. The highest BCUT2D eigenvalue weighted by atomic mass is 32.1. The highest BCUT2D eigenvalue weighted by Crippen LogP contribution is 2.18. The minimum Gasteiger partial charge on any atom is -0.353 e. The van der Waals surface area contributed by atoms with E-state index in [1.807, 2.05) is 23.3 Å². The summed E-state index contributed by atoms with van der Waals surface area (Å²) in [5.74, 6) is 0.0619. The van der Waals surface area contributed by atoms with Crippen LogP contribution in [0.3, 0.4) is 0 Å². The van der Waals surface area contributed by atoms with Crippen molar-refractivity contribution in [1.82, 2.24) is 15.1 Å². The van der Waals surface area contributed by atoms with E-state index in [0.717, 1.165) is 32.5 Å². The molecule has 1 atom stereocenters. The van der Waals surface area contributed by atoms with Crippen LogP contribution in [-0.2, 0) is 16.1 Å². The molecule has 1 N–H and O–H groups in total. The summed E-state index contributed by atoms with van der Waals surface area (Å²) in [4.78, 5) is 30.1. The van der Waals surface area contributed by atoms with Crippen molar-refractivity contribution in [3.63, 3.8) is 0 Å². The van der Waals surface area contributed by atoms with Crippen LogP contribution in [0.15, 0.2) is 17.5 Å². The van der Waals surface area contributed by atoms with Gasteiger partial charge in [-0.15, -0.1) is 11.3 Å². The molecule has 0 radical (unpaired) electrons. The molecule has 1 unspecified atom stereocenters. The zero-order chi connectivity index (χ0) is 16.7. The van der Waals surface area contributed by atoms with E-state index in [4.69, 9.17) is 0 Å². The Bertz CT molecular complexity index is 504. The van der Waals surface area contributed by atoms with Crippen molar-refractivity contribution >= 4 is 23.2 Å². The second-order valence-corrected chi connectivity index (χ2v) is 6.92. The lowest BCUT2D eigenvalue weighted by Gasteiger charge is -2.35. The number of nitrogens with one attached hydrogen (secondary N) is 1. The maximum atomic E-state index is 12.6. The molecule has 0 aromatic carbocycles. The van der Waals surface area contributed by atoms with E-state index in [1.165, 1.54) is 4.88 Å². The Morgan fingerprint density at radius 2 is 2.30 bits per heavy atom. The van der Waals surface area contributed by atoms with Crippen LogP contribution in [0.25, 0.3) is 0 Å². The first-order valence-corrected chi connectivity index (χ1v) is 9.35. The molecule has 2 amide bonds. The fraction of sp³-hybridized carbons (Fsp3) is 0.647. The molecule has 6 heteroatoms. The molecular formula is C17H27N3O2S. The normalized spacial score (nSPS) is 18.7. The van der Waals surface area contributed by atoms with Crippen LogP contribution >= 0.6 is 11.3 Å². The Morgan fingerprint density at radius 1 is 1.48 bits per heavy atom. The molecule has 2 heterocycles. The summed E-state index contributed by atoms with van der Waals surface area (Å²) in [6.07, 6.45) is 2.35. The predicted molar refractivity (Wildman–Crippen MR) is 93.3 cm³/mol. The van der Waals surface area contributed by atoms with Gasteiger partial charge >= 0.3 is 0 Å². The average molecular weight is 337 g/mol. The molecule has 1 aromatic rings. The van der Waals surface area contributed by atoms with Gasteiger partial charge < -0.3 is 10.2 Å². The van der Waals surface area contributed by atoms with E-state index in [9.17, 15) is 9.59 Å². The number of rotatable bonds is 8. The van der Waals surface area contributed by atoms with Gasteiger partial charge in [-0.05, 0) is 24.8 Å². The van der Waals surface area contributed by atoms with Crippen molar-refractivity contribution < 1.29 is 9.59 Å². The fourth-order valence-corrected chi connectivity index (χ4v) is 3.61. The van der Waals surface area contributed by atoms with Gasteiger partial charge in [-0.1, -0.05) is 19.4 Å². The standard InChI is InChI=1S/C17H27N3O2S/c1-3-5-9-19(4-2)16(21)12-15-17(22)18-8-10-20(15)13-14-7-6-11-23-14/h6-7,11,15H,3-5,8-10,12-13H2,1-2H3,(H,18,22). The van der Waals surface area contributed by atoms with Gasteiger partial charge in [0, 0.05) is 37.6 Å². The summed E-state index contributed by atoms with van der Waals surface area (Å²) in [5.41, 5.74) is 0. The lowest BCUT2D eigenvalue weighted by molar-refractivity contribution is -0.139. The summed E-state index contributed by atoms with van der Waals surface area (Å²) >= 11 is 1.69. The van der Waals surface area contributed by atoms with Gasteiger partial charge in [-0.25, -0.2) is 0 Å². The molecule has 1 saturated heterocycles. The Balaban J connectivity index is 2.00. The van der Waals surface area contributed by atoms with Crippen LogP contribution in [0.5, 0.6) is 0 Å². The minimum atomic E-state index is -0.353. The fourth-order valence-electron chi connectivity index (χ4n) is 2.88. The topological polar surface area (TPSA) is 52.7 Å². The van der Waals surface area contributed by atoms with Crippen molar-refractivity contribution in [1.29, 1.82) is 0 Å². The number of thiophene rings is 1. The Hall–Kier alpha value is -1.40. The van der Waals surface area contributed by atoms with Crippen LogP contribution in [0.2, 0.25) is 0 Å². The lowest BCUT2D eigenvalue weighted by Crippen LogP contribution is -2.56. The zero-order valence-electron chi connectivity index (χ0n) is 14.1. The molecule has 0 spiro atoms. The van der Waals surface area contributed by atoms with Gasteiger partial charge in [0.15, 0.2) is 0 Å². The maximum Gasteiger partial charge on any atom is 0.237 e. The lowest BCUT2D eigenvalue weighted by atomic mass is 10.1. The van der Waals surface area contributed by atoms with Crippen molar-refractivity contribution in [2.45, 2.75) is 45.7 Å². The Labute approximate surface area is 142 Å². The summed E-state index contributed by atoms with van der Waals surface area (Å²) in [6.45, 7) is 7.80. The van der Waals surface area contributed by atoms with Gasteiger partial charge in [0.25, 0.3) is 0 Å². The molecule has 2 rings (SSSR count). The Kier molecular flexibility index (Phi) is 7.05. The first kappa shape index (κ1) is 17.9. The van der Waals surface area contributed by atoms with Crippen molar-refractivity contribution in [3.8, 4) is 0 Å². The van der Waals surface area contributed by atoms with Gasteiger partial charge in [0.2, 0.25) is 11.8 Å². The van der Waals surface area contributed by atoms with Gasteiger partial charge in [-0.2, -0.15) is 0 Å². The van der Waals surface area contributed by atoms with Crippen molar-refractivity contribution in [3.05, 3.63) is 22.4 Å². The number of nitrogens with zero attached hydrogens (tertiary/aromatic N) is 2. The highest BCUT2D eigenvalue weighted by Gasteiger charge is 2.32. The smallest absolute Gasteiger partial charge is 0.237 e. The molecule has 5 nitrogen and oxygen atoms in total. The van der Waals surface area contributed by atoms with Crippen LogP contribution in [0.4, 0.5) is 0 Å². The first-order valence-electron chi connectivity index (χ1n) is 8.47. The quantitative estimate of drug-likeness (QED) is 0.790. The van der Waals surface area contributed by atoms with E-state index in [2.05, 4.69) is 23.2 Å². The number of amides is 2. The number of carbonyl (C=O) groups is 2. The minimum absolute atomic E-state index is 0.0206. The van der Waals surface area contributed by atoms with Crippen LogP contribution < -0.4 is 5.32 Å². The third-order valence-corrected chi connectivity index (χ3v) is 5.13. The number of hydrogen-bond donors (Lipinski definition) is 1. The number of unbranched alkanes of at least 4 members (excludes halogenated alkanes) is 1. The van der Waals surface area contributed by atoms with E-state index >= 15 is 0 Å². The van der Waals surface area contributed by atoms with Crippen molar-refractivity contribution in [2.75, 3.05) is 26.2 Å². The number of piperazine rings is 1. The monoisotopic (exact) mass is 337 g/mol. The third kappa shape index (κ3) is 5.04. The molecule has 1 aromatic heterocycles. The van der Waals surface area contributed by atoms with Crippen molar-refractivity contribution in [2.24, 2.45) is 0 Å². The average Bonchev–Trinajstić information content (AvgIpc) is 3.04. The second kappa shape index (κ2) is 9.03. The van der Waals surface area contributed by atoms with Gasteiger partial charge in [0.1, 0.15) is 0 Å². The molecule has 0 saturated carbocycles. The van der Waals surface area contributed by atoms with E-state index in [0.29, 0.717) is 13.1 Å². The zero-order valence-corrected chi connectivity index (χ0v) is 14.9. The van der Waals surface area contributed by atoms with E-state index in [-0.39, 0.29) is 24.3 Å². The predicted octanol–water partition coefficient (Wildman–Crippen LogP) is 2.09.